The van der Waals surface area contributed by atoms with Gasteiger partial charge in [-0.05, 0) is 25.0 Å². The number of aromatic amines is 1. The third-order valence-electron chi connectivity index (χ3n) is 3.11. The van der Waals surface area contributed by atoms with E-state index in [0.717, 1.165) is 11.9 Å². The molecule has 2 atom stereocenters. The molecule has 18 heavy (non-hydrogen) atoms. The zero-order valence-corrected chi connectivity index (χ0v) is 10.6. The van der Waals surface area contributed by atoms with Crippen molar-refractivity contribution in [2.45, 2.75) is 25.5 Å². The number of benzene rings is 1. The fourth-order valence-electron chi connectivity index (χ4n) is 2.10. The molecule has 0 amide bonds. The molecule has 98 valence electrons. The molecule has 0 saturated heterocycles. The van der Waals surface area contributed by atoms with Gasteiger partial charge >= 0.3 is 0 Å². The highest BCUT2D eigenvalue weighted by molar-refractivity contribution is 5.83. The first-order chi connectivity index (χ1) is 8.70. The summed E-state index contributed by atoms with van der Waals surface area (Å²) in [5, 5.41) is 22.5. The molecule has 0 bridgehead atoms. The second-order valence-electron chi connectivity index (χ2n) is 4.71. The summed E-state index contributed by atoms with van der Waals surface area (Å²) in [6, 6.07) is 8.48. The Morgan fingerprint density at radius 1 is 1.33 bits per heavy atom. The van der Waals surface area contributed by atoms with Gasteiger partial charge in [-0.25, -0.2) is 0 Å². The maximum atomic E-state index is 9.29. The lowest BCUT2D eigenvalue weighted by Gasteiger charge is -2.15. The summed E-state index contributed by atoms with van der Waals surface area (Å²) in [5.74, 6) is 0. The van der Waals surface area contributed by atoms with E-state index in [4.69, 9.17) is 5.11 Å². The topological polar surface area (TPSA) is 68.3 Å². The summed E-state index contributed by atoms with van der Waals surface area (Å²) < 4.78 is 0. The molecule has 1 aromatic heterocycles. The van der Waals surface area contributed by atoms with Crippen molar-refractivity contribution in [1.29, 1.82) is 0 Å². The molecule has 1 heterocycles. The van der Waals surface area contributed by atoms with E-state index in [2.05, 4.69) is 29.4 Å². The average Bonchev–Trinajstić information content (AvgIpc) is 2.79. The Hall–Kier alpha value is -1.36. The minimum Gasteiger partial charge on any atom is -0.394 e. The van der Waals surface area contributed by atoms with Crippen molar-refractivity contribution < 1.29 is 10.2 Å². The Morgan fingerprint density at radius 2 is 2.11 bits per heavy atom. The number of hydrogen-bond donors (Lipinski definition) is 4. The summed E-state index contributed by atoms with van der Waals surface area (Å²) in [4.78, 5) is 3.25. The van der Waals surface area contributed by atoms with Gasteiger partial charge in [-0.3, -0.25) is 0 Å². The van der Waals surface area contributed by atoms with Crippen LogP contribution in [0.25, 0.3) is 10.9 Å². The van der Waals surface area contributed by atoms with Crippen LogP contribution in [0.15, 0.2) is 30.5 Å². The molecule has 0 radical (unpaired) electrons. The molecule has 4 N–H and O–H groups in total. The first-order valence-corrected chi connectivity index (χ1v) is 6.28. The Labute approximate surface area is 107 Å². The summed E-state index contributed by atoms with van der Waals surface area (Å²) >= 11 is 0. The van der Waals surface area contributed by atoms with Crippen molar-refractivity contribution in [2.24, 2.45) is 0 Å². The van der Waals surface area contributed by atoms with Gasteiger partial charge in [0, 0.05) is 29.7 Å². The lowest BCUT2D eigenvalue weighted by molar-refractivity contribution is 0.0924. The fourth-order valence-corrected chi connectivity index (χ4v) is 2.10. The number of aliphatic hydroxyl groups excluding tert-OH is 2. The maximum Gasteiger partial charge on any atom is 0.0895 e. The van der Waals surface area contributed by atoms with Gasteiger partial charge in [-0.1, -0.05) is 18.2 Å². The molecular formula is C14H20N2O2. The van der Waals surface area contributed by atoms with Gasteiger partial charge in [0.1, 0.15) is 0 Å². The molecule has 0 aliphatic heterocycles. The Morgan fingerprint density at radius 3 is 2.89 bits per heavy atom. The molecule has 4 nitrogen and oxygen atoms in total. The second kappa shape index (κ2) is 6.00. The third-order valence-corrected chi connectivity index (χ3v) is 3.11. The highest BCUT2D eigenvalue weighted by Crippen LogP contribution is 2.18. The zero-order chi connectivity index (χ0) is 13.0. The fraction of sp³-hybridized carbons (Fsp3) is 0.429. The number of nitrogens with one attached hydrogen (secondary N) is 2. The number of rotatable bonds is 6. The highest BCUT2D eigenvalue weighted by atomic mass is 16.3. The Kier molecular flexibility index (Phi) is 4.36. The van der Waals surface area contributed by atoms with Crippen LogP contribution in [-0.2, 0) is 6.42 Å². The van der Waals surface area contributed by atoms with Crippen molar-refractivity contribution in [3.05, 3.63) is 36.0 Å². The molecule has 0 aliphatic rings. The van der Waals surface area contributed by atoms with E-state index in [1.807, 2.05) is 18.3 Å². The summed E-state index contributed by atoms with van der Waals surface area (Å²) in [6.45, 7) is 2.29. The monoisotopic (exact) mass is 248 g/mol. The number of aliphatic hydroxyl groups is 2. The first-order valence-electron chi connectivity index (χ1n) is 6.28. The number of H-pyrrole nitrogens is 1. The first kappa shape index (κ1) is 13.1. The molecule has 4 heteroatoms. The van der Waals surface area contributed by atoms with Crippen molar-refractivity contribution >= 4 is 10.9 Å². The van der Waals surface area contributed by atoms with Crippen molar-refractivity contribution in [3.63, 3.8) is 0 Å². The number of fused-ring (bicyclic) bond motifs is 1. The van der Waals surface area contributed by atoms with Crippen molar-refractivity contribution in [3.8, 4) is 0 Å². The van der Waals surface area contributed by atoms with Gasteiger partial charge in [-0.2, -0.15) is 0 Å². The number of hydrogen-bond acceptors (Lipinski definition) is 3. The summed E-state index contributed by atoms with van der Waals surface area (Å²) in [7, 11) is 0. The van der Waals surface area contributed by atoms with E-state index in [1.165, 1.54) is 10.9 Å². The van der Waals surface area contributed by atoms with Crippen LogP contribution in [-0.4, -0.2) is 40.5 Å². The van der Waals surface area contributed by atoms with Crippen molar-refractivity contribution in [1.82, 2.24) is 10.3 Å². The molecule has 2 aromatic rings. The second-order valence-corrected chi connectivity index (χ2v) is 4.71. The molecular weight excluding hydrogens is 228 g/mol. The van der Waals surface area contributed by atoms with Crippen LogP contribution in [0.2, 0.25) is 0 Å². The van der Waals surface area contributed by atoms with E-state index in [1.54, 1.807) is 0 Å². The van der Waals surface area contributed by atoms with E-state index in [-0.39, 0.29) is 12.6 Å². The predicted molar refractivity (Wildman–Crippen MR) is 72.6 cm³/mol. The smallest absolute Gasteiger partial charge is 0.0895 e. The molecule has 0 aliphatic carbocycles. The van der Waals surface area contributed by atoms with Crippen LogP contribution in [0.3, 0.4) is 0 Å². The minimum atomic E-state index is -0.685. The highest BCUT2D eigenvalue weighted by Gasteiger charge is 2.09. The minimum absolute atomic E-state index is 0.202. The standard InChI is InChI=1S/C14H20N2O2/c1-10(15-8-12(18)9-17)6-11-7-16-14-5-3-2-4-13(11)14/h2-5,7,10,12,15-18H,6,8-9H2,1H3. The zero-order valence-electron chi connectivity index (χ0n) is 10.6. The van der Waals surface area contributed by atoms with E-state index in [0.29, 0.717) is 6.54 Å². The van der Waals surface area contributed by atoms with Crippen LogP contribution in [0.1, 0.15) is 12.5 Å². The van der Waals surface area contributed by atoms with Gasteiger partial charge in [0.05, 0.1) is 12.7 Å². The van der Waals surface area contributed by atoms with Crippen LogP contribution in [0.4, 0.5) is 0 Å². The summed E-state index contributed by atoms with van der Waals surface area (Å²) in [6.07, 6.45) is 2.24. The SMILES string of the molecule is CC(Cc1c[nH]c2ccccc12)NCC(O)CO. The molecule has 0 saturated carbocycles. The quantitative estimate of drug-likeness (QED) is 0.617. The lowest BCUT2D eigenvalue weighted by atomic mass is 10.1. The average molecular weight is 248 g/mol. The van der Waals surface area contributed by atoms with Crippen LogP contribution >= 0.6 is 0 Å². The Balaban J connectivity index is 1.96. The van der Waals surface area contributed by atoms with E-state index >= 15 is 0 Å². The molecule has 2 rings (SSSR count). The summed E-state index contributed by atoms with van der Waals surface area (Å²) in [5.41, 5.74) is 2.42. The molecule has 0 spiro atoms. The maximum absolute atomic E-state index is 9.29. The van der Waals surface area contributed by atoms with Crippen molar-refractivity contribution in [2.75, 3.05) is 13.2 Å². The largest absolute Gasteiger partial charge is 0.394 e. The van der Waals surface area contributed by atoms with Gasteiger partial charge in [0.2, 0.25) is 0 Å². The van der Waals surface area contributed by atoms with E-state index < -0.39 is 6.10 Å². The number of para-hydroxylation sites is 1. The van der Waals surface area contributed by atoms with Gasteiger partial charge in [-0.15, -0.1) is 0 Å². The number of aromatic nitrogens is 1. The lowest BCUT2D eigenvalue weighted by Crippen LogP contribution is -2.36. The predicted octanol–water partition coefficient (Wildman–Crippen LogP) is 1.04. The van der Waals surface area contributed by atoms with Crippen LogP contribution in [0, 0.1) is 0 Å². The molecule has 1 aromatic carbocycles. The van der Waals surface area contributed by atoms with Crippen LogP contribution in [0.5, 0.6) is 0 Å². The van der Waals surface area contributed by atoms with Crippen LogP contribution < -0.4 is 5.32 Å². The molecule has 0 fully saturated rings. The van der Waals surface area contributed by atoms with Gasteiger partial charge < -0.3 is 20.5 Å². The Bertz CT molecular complexity index is 495. The van der Waals surface area contributed by atoms with E-state index in [9.17, 15) is 5.11 Å². The third kappa shape index (κ3) is 3.10. The van der Waals surface area contributed by atoms with Gasteiger partial charge in [0.25, 0.3) is 0 Å². The molecule has 2 unspecified atom stereocenters. The normalized spacial score (nSPS) is 14.8. The van der Waals surface area contributed by atoms with Gasteiger partial charge in [0.15, 0.2) is 0 Å².